The number of hydrazine groups is 1. The Hall–Kier alpha value is -2.70. The zero-order chi connectivity index (χ0) is 23.7. The quantitative estimate of drug-likeness (QED) is 0.415. The second kappa shape index (κ2) is 9.65. The second-order valence-corrected chi connectivity index (χ2v) is 9.26. The Morgan fingerprint density at radius 1 is 1.00 bits per heavy atom. The summed E-state index contributed by atoms with van der Waals surface area (Å²) >= 11 is 12.3. The van der Waals surface area contributed by atoms with Crippen molar-refractivity contribution in [3.05, 3.63) is 69.7 Å². The van der Waals surface area contributed by atoms with Gasteiger partial charge in [-0.2, -0.15) is 5.01 Å². The first-order chi connectivity index (χ1) is 15.8. The molecular formula is C25H24Cl2N2O4. The molecule has 0 unspecified atom stereocenters. The molecule has 6 nitrogen and oxygen atoms in total. The minimum absolute atomic E-state index is 0.0656. The van der Waals surface area contributed by atoms with Crippen molar-refractivity contribution in [2.24, 2.45) is 11.8 Å². The molecule has 8 heteroatoms. The van der Waals surface area contributed by atoms with Gasteiger partial charge in [0.15, 0.2) is 5.78 Å². The Balaban J connectivity index is 1.81. The van der Waals surface area contributed by atoms with Crippen molar-refractivity contribution in [3.8, 4) is 0 Å². The van der Waals surface area contributed by atoms with Crippen LogP contribution >= 0.6 is 23.2 Å². The van der Waals surface area contributed by atoms with E-state index in [0.29, 0.717) is 23.4 Å². The van der Waals surface area contributed by atoms with Gasteiger partial charge in [0, 0.05) is 10.6 Å². The van der Waals surface area contributed by atoms with Gasteiger partial charge in [-0.15, -0.1) is 0 Å². The van der Waals surface area contributed by atoms with Crippen LogP contribution in [0.25, 0.3) is 0 Å². The molecule has 0 radical (unpaired) electrons. The van der Waals surface area contributed by atoms with Crippen molar-refractivity contribution in [2.75, 3.05) is 0 Å². The second-order valence-electron chi connectivity index (χ2n) is 8.41. The lowest BCUT2D eigenvalue weighted by Crippen LogP contribution is -2.57. The molecule has 33 heavy (non-hydrogen) atoms. The van der Waals surface area contributed by atoms with Gasteiger partial charge in [0.1, 0.15) is 6.04 Å². The number of carbonyl (C=O) groups is 4. The molecule has 1 aliphatic carbocycles. The maximum atomic E-state index is 13.8. The average Bonchev–Trinajstić information content (AvgIpc) is 3.07. The van der Waals surface area contributed by atoms with Crippen molar-refractivity contribution in [1.82, 2.24) is 10.0 Å². The first-order valence-electron chi connectivity index (χ1n) is 11.1. The first-order valence-corrected chi connectivity index (χ1v) is 11.9. The number of carbonyl (C=O) groups excluding carboxylic acids is 4. The molecule has 0 aromatic heterocycles. The lowest BCUT2D eigenvalue weighted by molar-refractivity contribution is -0.156. The molecule has 0 bridgehead atoms. The number of ketones is 1. The Morgan fingerprint density at radius 3 is 2.15 bits per heavy atom. The zero-order valence-electron chi connectivity index (χ0n) is 18.2. The van der Waals surface area contributed by atoms with Gasteiger partial charge >= 0.3 is 0 Å². The van der Waals surface area contributed by atoms with E-state index in [1.165, 1.54) is 18.2 Å². The van der Waals surface area contributed by atoms with Crippen molar-refractivity contribution >= 4 is 46.7 Å². The van der Waals surface area contributed by atoms with Gasteiger partial charge in [-0.3, -0.25) is 19.2 Å². The number of nitrogens with zero attached hydrogens (tertiary/aromatic N) is 2. The van der Waals surface area contributed by atoms with Crippen molar-refractivity contribution in [2.45, 2.75) is 45.1 Å². The molecule has 172 valence electrons. The Morgan fingerprint density at radius 2 is 1.61 bits per heavy atom. The summed E-state index contributed by atoms with van der Waals surface area (Å²) in [6, 6.07) is 11.8. The standard InChI is InChI=1S/C25H24Cl2N2O4/c1-2-21(22(30)15-8-4-3-5-9-15)28(25(33)19-13-12-16(26)14-20(19)27)29-23(31)17-10-6-7-11-18(17)24(29)32/h3-5,8-9,12-14,17-18,21H,2,6-7,10-11H2,1H3/t17-,18+,21-/m1/s1. The highest BCUT2D eigenvalue weighted by Crippen LogP contribution is 2.40. The molecule has 1 saturated heterocycles. The predicted octanol–water partition coefficient (Wildman–Crippen LogP) is 5.19. The predicted molar refractivity (Wildman–Crippen MR) is 125 cm³/mol. The lowest BCUT2D eigenvalue weighted by atomic mass is 9.81. The Bertz CT molecular complexity index is 1080. The smallest absolute Gasteiger partial charge is 0.275 e. The third-order valence-electron chi connectivity index (χ3n) is 6.45. The van der Waals surface area contributed by atoms with Crippen molar-refractivity contribution < 1.29 is 19.2 Å². The molecule has 1 heterocycles. The van der Waals surface area contributed by atoms with E-state index in [0.717, 1.165) is 22.9 Å². The minimum atomic E-state index is -1.06. The van der Waals surface area contributed by atoms with Gasteiger partial charge in [0.05, 0.1) is 22.4 Å². The molecule has 2 fully saturated rings. The first kappa shape index (κ1) is 23.5. The van der Waals surface area contributed by atoms with E-state index in [-0.39, 0.29) is 22.8 Å². The SMILES string of the molecule is CC[C@H](C(=O)c1ccccc1)N(C(=O)c1ccc(Cl)cc1Cl)N1C(=O)[C@H]2CCCC[C@H]2C1=O. The third kappa shape index (κ3) is 4.30. The summed E-state index contributed by atoms with van der Waals surface area (Å²) in [7, 11) is 0. The topological polar surface area (TPSA) is 74.8 Å². The highest BCUT2D eigenvalue weighted by molar-refractivity contribution is 6.36. The summed E-state index contributed by atoms with van der Waals surface area (Å²) in [4.78, 5) is 54.1. The number of fused-ring (bicyclic) bond motifs is 1. The summed E-state index contributed by atoms with van der Waals surface area (Å²) in [6.07, 6.45) is 3.10. The van der Waals surface area contributed by atoms with Gasteiger partial charge in [-0.05, 0) is 37.5 Å². The highest BCUT2D eigenvalue weighted by Gasteiger charge is 2.53. The van der Waals surface area contributed by atoms with Crippen LogP contribution in [0.5, 0.6) is 0 Å². The summed E-state index contributed by atoms with van der Waals surface area (Å²) in [5.41, 5.74) is 0.455. The van der Waals surface area contributed by atoms with Crippen LogP contribution in [0.4, 0.5) is 0 Å². The largest absolute Gasteiger partial charge is 0.292 e. The van der Waals surface area contributed by atoms with Crippen molar-refractivity contribution in [1.29, 1.82) is 0 Å². The van der Waals surface area contributed by atoms with Crippen LogP contribution in [-0.4, -0.2) is 39.6 Å². The lowest BCUT2D eigenvalue weighted by Gasteiger charge is -2.36. The van der Waals surface area contributed by atoms with Gasteiger partial charge in [0.25, 0.3) is 17.7 Å². The number of amides is 3. The van der Waals surface area contributed by atoms with Crippen LogP contribution in [-0.2, 0) is 9.59 Å². The maximum absolute atomic E-state index is 13.8. The highest BCUT2D eigenvalue weighted by atomic mass is 35.5. The monoisotopic (exact) mass is 486 g/mol. The molecule has 2 aliphatic rings. The van der Waals surface area contributed by atoms with E-state index in [1.54, 1.807) is 37.3 Å². The van der Waals surface area contributed by atoms with Crippen LogP contribution in [0.1, 0.15) is 59.7 Å². The van der Waals surface area contributed by atoms with E-state index >= 15 is 0 Å². The fourth-order valence-electron chi connectivity index (χ4n) is 4.78. The molecule has 0 N–H and O–H groups in total. The molecule has 3 atom stereocenters. The van der Waals surface area contributed by atoms with Gasteiger partial charge in [-0.1, -0.05) is 73.3 Å². The Labute approximate surface area is 202 Å². The number of halogens is 2. The minimum Gasteiger partial charge on any atom is -0.292 e. The van der Waals surface area contributed by atoms with E-state index in [4.69, 9.17) is 23.2 Å². The molecule has 4 rings (SSSR count). The molecule has 0 spiro atoms. The summed E-state index contributed by atoms with van der Waals surface area (Å²) in [6.45, 7) is 1.74. The molecule has 1 saturated carbocycles. The molecule has 2 aromatic rings. The molecule has 3 amide bonds. The fraction of sp³-hybridized carbons (Fsp3) is 0.360. The van der Waals surface area contributed by atoms with E-state index in [9.17, 15) is 19.2 Å². The van der Waals surface area contributed by atoms with Gasteiger partial charge in [-0.25, -0.2) is 5.01 Å². The van der Waals surface area contributed by atoms with Crippen LogP contribution in [0, 0.1) is 11.8 Å². The van der Waals surface area contributed by atoms with Crippen molar-refractivity contribution in [3.63, 3.8) is 0 Å². The molecule has 1 aliphatic heterocycles. The third-order valence-corrected chi connectivity index (χ3v) is 6.99. The number of hydrogen-bond acceptors (Lipinski definition) is 4. The maximum Gasteiger partial charge on any atom is 0.275 e. The number of benzene rings is 2. The number of hydrogen-bond donors (Lipinski definition) is 0. The Kier molecular flexibility index (Phi) is 6.86. The number of Topliss-reactive ketones (excluding diaryl/α,β-unsaturated/α-hetero) is 1. The van der Waals surface area contributed by atoms with E-state index in [2.05, 4.69) is 0 Å². The fourth-order valence-corrected chi connectivity index (χ4v) is 5.27. The van der Waals surface area contributed by atoms with Crippen LogP contribution in [0.2, 0.25) is 10.0 Å². The molecule has 2 aromatic carbocycles. The zero-order valence-corrected chi connectivity index (χ0v) is 19.7. The summed E-state index contributed by atoms with van der Waals surface area (Å²) in [5, 5.41) is 2.38. The van der Waals surface area contributed by atoms with E-state index < -0.39 is 35.6 Å². The average molecular weight is 487 g/mol. The molecular weight excluding hydrogens is 463 g/mol. The summed E-state index contributed by atoms with van der Waals surface area (Å²) < 4.78 is 0. The number of rotatable bonds is 6. The van der Waals surface area contributed by atoms with Gasteiger partial charge < -0.3 is 0 Å². The normalized spacial score (nSPS) is 21.0. The van der Waals surface area contributed by atoms with Gasteiger partial charge in [0.2, 0.25) is 0 Å². The van der Waals surface area contributed by atoms with Crippen LogP contribution in [0.15, 0.2) is 48.5 Å². The van der Waals surface area contributed by atoms with E-state index in [1.807, 2.05) is 0 Å². The summed E-state index contributed by atoms with van der Waals surface area (Å²) in [5.74, 6) is -2.83. The van der Waals surface area contributed by atoms with Crippen LogP contribution in [0.3, 0.4) is 0 Å². The number of imide groups is 1. The van der Waals surface area contributed by atoms with Crippen LogP contribution < -0.4 is 0 Å².